The first-order valence-corrected chi connectivity index (χ1v) is 5.33. The number of alkyl halides is 6. The summed E-state index contributed by atoms with van der Waals surface area (Å²) in [7, 11) is 0. The lowest BCUT2D eigenvalue weighted by Gasteiger charge is -2.15. The molecule has 0 amide bonds. The second-order valence-corrected chi connectivity index (χ2v) is 4.00. The number of hydrogen-bond acceptors (Lipinski definition) is 2. The van der Waals surface area contributed by atoms with Crippen molar-refractivity contribution in [2.45, 2.75) is 25.0 Å². The van der Waals surface area contributed by atoms with E-state index in [1.54, 1.807) is 0 Å². The van der Waals surface area contributed by atoms with Crippen molar-refractivity contribution in [3.63, 3.8) is 0 Å². The van der Waals surface area contributed by atoms with Gasteiger partial charge in [0.2, 0.25) is 0 Å². The van der Waals surface area contributed by atoms with Crippen LogP contribution in [0.5, 0.6) is 0 Å². The van der Waals surface area contributed by atoms with Gasteiger partial charge in [0.1, 0.15) is 5.82 Å². The molecule has 0 heterocycles. The maximum atomic E-state index is 12.9. The Balaban J connectivity index is 2.66. The molecule has 2 N–H and O–H groups in total. The normalized spacial score (nSPS) is 14.4. The fourth-order valence-electron chi connectivity index (χ4n) is 1.37. The zero-order valence-electron chi connectivity index (χ0n) is 9.82. The topological polar surface area (TPSA) is 32.3 Å². The summed E-state index contributed by atoms with van der Waals surface area (Å²) in [5.41, 5.74) is -1.54. The van der Waals surface area contributed by atoms with E-state index >= 15 is 0 Å². The molecule has 0 aliphatic rings. The zero-order valence-corrected chi connectivity index (χ0v) is 9.82. The Bertz CT molecular complexity index is 455. The minimum atomic E-state index is -4.88. The van der Waals surface area contributed by atoms with Crippen molar-refractivity contribution >= 4 is 0 Å². The molecule has 0 fully saturated rings. The van der Waals surface area contributed by atoms with Crippen molar-refractivity contribution in [1.82, 2.24) is 5.32 Å². The standard InChI is InChI=1S/C11H10F7NO/c12-8-2-1-6(3-7(8)10(13,14)15)4-19-5-9(20)11(16,17)18/h1-3,9,19-20H,4-5H2. The van der Waals surface area contributed by atoms with Crippen molar-refractivity contribution in [1.29, 1.82) is 0 Å². The molecule has 0 aromatic heterocycles. The maximum absolute atomic E-state index is 12.9. The Morgan fingerprint density at radius 3 is 2.20 bits per heavy atom. The molecular weight excluding hydrogens is 295 g/mol. The van der Waals surface area contributed by atoms with Crippen LogP contribution in [0.3, 0.4) is 0 Å². The average Bonchev–Trinajstić information content (AvgIpc) is 2.28. The lowest BCUT2D eigenvalue weighted by Crippen LogP contribution is -2.38. The van der Waals surface area contributed by atoms with Crippen molar-refractivity contribution < 1.29 is 35.8 Å². The van der Waals surface area contributed by atoms with Gasteiger partial charge >= 0.3 is 12.4 Å². The molecule has 2 nitrogen and oxygen atoms in total. The summed E-state index contributed by atoms with van der Waals surface area (Å²) in [4.78, 5) is 0. The number of aliphatic hydroxyl groups excluding tert-OH is 1. The van der Waals surface area contributed by atoms with Gasteiger partial charge in [0.15, 0.2) is 6.10 Å². The summed E-state index contributed by atoms with van der Waals surface area (Å²) < 4.78 is 86.0. The number of aliphatic hydroxyl groups is 1. The highest BCUT2D eigenvalue weighted by Crippen LogP contribution is 2.31. The minimum Gasteiger partial charge on any atom is -0.382 e. The van der Waals surface area contributed by atoms with Gasteiger partial charge in [0, 0.05) is 13.1 Å². The van der Waals surface area contributed by atoms with Gasteiger partial charge in [-0.3, -0.25) is 0 Å². The van der Waals surface area contributed by atoms with E-state index in [0.717, 1.165) is 6.07 Å². The summed E-state index contributed by atoms with van der Waals surface area (Å²) in [6.45, 7) is -1.24. The van der Waals surface area contributed by atoms with Crippen LogP contribution in [0.1, 0.15) is 11.1 Å². The first kappa shape index (κ1) is 16.7. The number of benzene rings is 1. The van der Waals surface area contributed by atoms with Gasteiger partial charge in [0.25, 0.3) is 0 Å². The van der Waals surface area contributed by atoms with Crippen LogP contribution in [0.15, 0.2) is 18.2 Å². The molecule has 0 aliphatic carbocycles. The summed E-state index contributed by atoms with van der Waals surface area (Å²) in [6.07, 6.45) is -12.3. The molecule has 0 aliphatic heterocycles. The Morgan fingerprint density at radius 2 is 1.70 bits per heavy atom. The highest BCUT2D eigenvalue weighted by Gasteiger charge is 2.37. The second-order valence-electron chi connectivity index (χ2n) is 4.00. The van der Waals surface area contributed by atoms with E-state index in [1.807, 2.05) is 0 Å². The smallest absolute Gasteiger partial charge is 0.382 e. The quantitative estimate of drug-likeness (QED) is 0.839. The van der Waals surface area contributed by atoms with E-state index in [2.05, 4.69) is 5.32 Å². The third-order valence-corrected chi connectivity index (χ3v) is 2.38. The lowest BCUT2D eigenvalue weighted by atomic mass is 10.1. The van der Waals surface area contributed by atoms with Crippen molar-refractivity contribution in [3.8, 4) is 0 Å². The highest BCUT2D eigenvalue weighted by atomic mass is 19.4. The van der Waals surface area contributed by atoms with Crippen LogP contribution < -0.4 is 5.32 Å². The molecule has 114 valence electrons. The fourth-order valence-corrected chi connectivity index (χ4v) is 1.37. The van der Waals surface area contributed by atoms with Crippen LogP contribution in [0.4, 0.5) is 30.7 Å². The second kappa shape index (κ2) is 5.96. The highest BCUT2D eigenvalue weighted by molar-refractivity contribution is 5.27. The van der Waals surface area contributed by atoms with Crippen LogP contribution >= 0.6 is 0 Å². The van der Waals surface area contributed by atoms with Crippen molar-refractivity contribution in [3.05, 3.63) is 35.1 Å². The Hall–Kier alpha value is -1.35. The molecule has 0 bridgehead atoms. The van der Waals surface area contributed by atoms with E-state index in [4.69, 9.17) is 5.11 Å². The molecule has 0 radical (unpaired) electrons. The predicted molar refractivity (Wildman–Crippen MR) is 55.2 cm³/mol. The van der Waals surface area contributed by atoms with E-state index in [-0.39, 0.29) is 12.1 Å². The van der Waals surface area contributed by atoms with Gasteiger partial charge in [-0.05, 0) is 17.7 Å². The zero-order chi connectivity index (χ0) is 15.6. The molecule has 9 heteroatoms. The molecule has 1 aromatic carbocycles. The molecule has 1 aromatic rings. The van der Waals surface area contributed by atoms with Gasteiger partial charge in [-0.15, -0.1) is 0 Å². The van der Waals surface area contributed by atoms with E-state index in [1.165, 1.54) is 0 Å². The molecule has 1 rings (SSSR count). The lowest BCUT2D eigenvalue weighted by molar-refractivity contribution is -0.201. The van der Waals surface area contributed by atoms with Crippen LogP contribution in [-0.2, 0) is 12.7 Å². The summed E-state index contributed by atoms with van der Waals surface area (Å²) in [6, 6.07) is 2.10. The minimum absolute atomic E-state index is 0.0481. The molecule has 1 atom stereocenters. The first-order valence-electron chi connectivity index (χ1n) is 5.33. The van der Waals surface area contributed by atoms with Crippen LogP contribution in [-0.4, -0.2) is 23.9 Å². The Labute approximate surface area is 109 Å². The number of hydrogen-bond donors (Lipinski definition) is 2. The summed E-state index contributed by atoms with van der Waals surface area (Å²) in [5.74, 6) is -1.46. The van der Waals surface area contributed by atoms with Gasteiger partial charge in [-0.1, -0.05) is 6.07 Å². The Morgan fingerprint density at radius 1 is 1.10 bits per heavy atom. The van der Waals surface area contributed by atoms with Gasteiger partial charge in [-0.2, -0.15) is 26.3 Å². The molecule has 20 heavy (non-hydrogen) atoms. The molecule has 0 saturated heterocycles. The van der Waals surface area contributed by atoms with E-state index in [9.17, 15) is 30.7 Å². The Kier molecular flexibility index (Phi) is 4.98. The SMILES string of the molecule is OC(CNCc1ccc(F)c(C(F)(F)F)c1)C(F)(F)F. The number of nitrogens with one attached hydrogen (secondary N) is 1. The number of halogens is 7. The molecule has 0 saturated carbocycles. The van der Waals surface area contributed by atoms with E-state index in [0.29, 0.717) is 12.1 Å². The monoisotopic (exact) mass is 305 g/mol. The van der Waals surface area contributed by atoms with Gasteiger partial charge in [0.05, 0.1) is 5.56 Å². The molecule has 1 unspecified atom stereocenters. The number of rotatable bonds is 4. The largest absolute Gasteiger partial charge is 0.419 e. The van der Waals surface area contributed by atoms with Gasteiger partial charge in [-0.25, -0.2) is 4.39 Å². The van der Waals surface area contributed by atoms with Crippen molar-refractivity contribution in [2.75, 3.05) is 6.54 Å². The average molecular weight is 305 g/mol. The van der Waals surface area contributed by atoms with Crippen LogP contribution in [0.2, 0.25) is 0 Å². The summed E-state index contributed by atoms with van der Waals surface area (Å²) >= 11 is 0. The first-order chi connectivity index (χ1) is 9.01. The van der Waals surface area contributed by atoms with Crippen LogP contribution in [0.25, 0.3) is 0 Å². The van der Waals surface area contributed by atoms with Gasteiger partial charge < -0.3 is 10.4 Å². The van der Waals surface area contributed by atoms with Crippen LogP contribution in [0, 0.1) is 5.82 Å². The third kappa shape index (κ3) is 4.64. The summed E-state index contributed by atoms with van der Waals surface area (Å²) in [5, 5.41) is 10.8. The third-order valence-electron chi connectivity index (χ3n) is 2.38. The fraction of sp³-hybridized carbons (Fsp3) is 0.455. The maximum Gasteiger partial charge on any atom is 0.419 e. The molecule has 0 spiro atoms. The van der Waals surface area contributed by atoms with E-state index < -0.39 is 36.4 Å². The molecular formula is C11H10F7NO. The van der Waals surface area contributed by atoms with Crippen molar-refractivity contribution in [2.24, 2.45) is 0 Å². The predicted octanol–water partition coefficient (Wildman–Crippen LogP) is 2.86.